The molecule has 0 bridgehead atoms. The van der Waals surface area contributed by atoms with E-state index in [1.54, 1.807) is 0 Å². The number of benzene rings is 1. The van der Waals surface area contributed by atoms with E-state index >= 15 is 0 Å². The van der Waals surface area contributed by atoms with Gasteiger partial charge >= 0.3 is 0 Å². The molecule has 19 heavy (non-hydrogen) atoms. The van der Waals surface area contributed by atoms with Crippen LogP contribution >= 0.6 is 0 Å². The number of aryl methyl sites for hydroxylation is 1. The standard InChI is InChI=1S/C16H22N2O/c1-17-15(9-11-4-5-11)13-7-6-12-3-2-8-18-16(19)14(12)10-13/h6-7,10-11,15,17H,2-5,8-9H2,1H3,(H,18,19). The summed E-state index contributed by atoms with van der Waals surface area (Å²) in [6.07, 6.45) is 5.96. The molecule has 1 fully saturated rings. The summed E-state index contributed by atoms with van der Waals surface area (Å²) in [5.41, 5.74) is 3.33. The van der Waals surface area contributed by atoms with E-state index in [0.717, 1.165) is 30.9 Å². The molecule has 0 aromatic heterocycles. The highest BCUT2D eigenvalue weighted by Gasteiger charge is 2.26. The van der Waals surface area contributed by atoms with Crippen LogP contribution in [0.2, 0.25) is 0 Å². The Balaban J connectivity index is 1.87. The molecule has 1 aromatic carbocycles. The molecule has 3 rings (SSSR count). The summed E-state index contributed by atoms with van der Waals surface area (Å²) in [6, 6.07) is 6.82. The third kappa shape index (κ3) is 2.81. The number of nitrogens with one attached hydrogen (secondary N) is 2. The Bertz CT molecular complexity index is 480. The van der Waals surface area contributed by atoms with Crippen LogP contribution in [0.4, 0.5) is 0 Å². The van der Waals surface area contributed by atoms with Gasteiger partial charge in [-0.3, -0.25) is 4.79 Å². The van der Waals surface area contributed by atoms with Gasteiger partial charge in [0.25, 0.3) is 5.91 Å². The third-order valence-corrected chi connectivity index (χ3v) is 4.30. The van der Waals surface area contributed by atoms with Crippen LogP contribution in [-0.2, 0) is 6.42 Å². The van der Waals surface area contributed by atoms with E-state index in [1.165, 1.54) is 30.4 Å². The van der Waals surface area contributed by atoms with Gasteiger partial charge in [-0.1, -0.05) is 25.0 Å². The van der Waals surface area contributed by atoms with Gasteiger partial charge in [-0.25, -0.2) is 0 Å². The second kappa shape index (κ2) is 5.33. The van der Waals surface area contributed by atoms with Crippen molar-refractivity contribution in [1.82, 2.24) is 10.6 Å². The molecule has 3 heteroatoms. The molecule has 1 atom stereocenters. The van der Waals surface area contributed by atoms with Crippen molar-refractivity contribution in [1.29, 1.82) is 0 Å². The Kier molecular flexibility index (Phi) is 3.56. The molecular formula is C16H22N2O. The quantitative estimate of drug-likeness (QED) is 0.871. The number of carbonyl (C=O) groups is 1. The smallest absolute Gasteiger partial charge is 0.251 e. The number of fused-ring (bicyclic) bond motifs is 1. The highest BCUT2D eigenvalue weighted by atomic mass is 16.1. The van der Waals surface area contributed by atoms with Crippen molar-refractivity contribution in [2.75, 3.05) is 13.6 Å². The third-order valence-electron chi connectivity index (χ3n) is 4.30. The Labute approximate surface area is 114 Å². The summed E-state index contributed by atoms with van der Waals surface area (Å²) in [5.74, 6) is 0.973. The largest absolute Gasteiger partial charge is 0.352 e. The first-order valence-corrected chi connectivity index (χ1v) is 7.36. The van der Waals surface area contributed by atoms with E-state index in [1.807, 2.05) is 7.05 Å². The van der Waals surface area contributed by atoms with Crippen LogP contribution in [0.1, 0.15) is 53.2 Å². The normalized spacial score (nSPS) is 20.4. The van der Waals surface area contributed by atoms with Crippen LogP contribution in [0.15, 0.2) is 18.2 Å². The van der Waals surface area contributed by atoms with Gasteiger partial charge in [0.05, 0.1) is 0 Å². The van der Waals surface area contributed by atoms with Gasteiger partial charge < -0.3 is 10.6 Å². The van der Waals surface area contributed by atoms with Crippen molar-refractivity contribution in [3.05, 3.63) is 34.9 Å². The molecule has 1 saturated carbocycles. The SMILES string of the molecule is CNC(CC1CC1)c1ccc2c(c1)C(=O)NCCC2. The number of rotatable bonds is 4. The Hall–Kier alpha value is -1.35. The minimum Gasteiger partial charge on any atom is -0.352 e. The van der Waals surface area contributed by atoms with Crippen LogP contribution in [0.5, 0.6) is 0 Å². The summed E-state index contributed by atoms with van der Waals surface area (Å²) in [5, 5.41) is 6.37. The first kappa shape index (κ1) is 12.7. The van der Waals surface area contributed by atoms with Gasteiger partial charge in [-0.2, -0.15) is 0 Å². The lowest BCUT2D eigenvalue weighted by Crippen LogP contribution is -2.23. The highest BCUT2D eigenvalue weighted by Crippen LogP contribution is 2.37. The molecule has 1 unspecified atom stereocenters. The minimum absolute atomic E-state index is 0.0932. The van der Waals surface area contributed by atoms with Gasteiger partial charge in [0.2, 0.25) is 0 Å². The highest BCUT2D eigenvalue weighted by molar-refractivity contribution is 5.96. The van der Waals surface area contributed by atoms with Gasteiger partial charge in [-0.15, -0.1) is 0 Å². The Morgan fingerprint density at radius 1 is 1.42 bits per heavy atom. The molecule has 2 aliphatic rings. The fourth-order valence-electron chi connectivity index (χ4n) is 2.92. The molecule has 1 aliphatic heterocycles. The van der Waals surface area contributed by atoms with Crippen molar-refractivity contribution >= 4 is 5.91 Å². The molecule has 1 aromatic rings. The zero-order chi connectivity index (χ0) is 13.2. The van der Waals surface area contributed by atoms with E-state index in [-0.39, 0.29) is 5.91 Å². The summed E-state index contributed by atoms with van der Waals surface area (Å²) in [6.45, 7) is 0.792. The average Bonchev–Trinajstić information content (AvgIpc) is 3.25. The molecule has 2 N–H and O–H groups in total. The van der Waals surface area contributed by atoms with E-state index in [0.29, 0.717) is 6.04 Å². The number of carbonyl (C=O) groups excluding carboxylic acids is 1. The van der Waals surface area contributed by atoms with Crippen LogP contribution in [0.3, 0.4) is 0 Å². The second-order valence-electron chi connectivity index (χ2n) is 5.80. The molecule has 0 spiro atoms. The average molecular weight is 258 g/mol. The maximum absolute atomic E-state index is 12.1. The summed E-state index contributed by atoms with van der Waals surface area (Å²) < 4.78 is 0. The second-order valence-corrected chi connectivity index (χ2v) is 5.80. The molecule has 1 amide bonds. The Morgan fingerprint density at radius 2 is 2.26 bits per heavy atom. The van der Waals surface area contributed by atoms with Crippen LogP contribution in [-0.4, -0.2) is 19.5 Å². The van der Waals surface area contributed by atoms with Gasteiger partial charge in [0.1, 0.15) is 0 Å². The fourth-order valence-corrected chi connectivity index (χ4v) is 2.92. The molecule has 3 nitrogen and oxygen atoms in total. The minimum atomic E-state index is 0.0932. The van der Waals surface area contributed by atoms with Crippen LogP contribution < -0.4 is 10.6 Å². The van der Waals surface area contributed by atoms with Gasteiger partial charge in [0, 0.05) is 18.2 Å². The first-order valence-electron chi connectivity index (χ1n) is 7.36. The summed E-state index contributed by atoms with van der Waals surface area (Å²) in [7, 11) is 2.01. The summed E-state index contributed by atoms with van der Waals surface area (Å²) >= 11 is 0. The molecule has 1 aliphatic carbocycles. The number of hydrogen-bond donors (Lipinski definition) is 2. The maximum atomic E-state index is 12.1. The van der Waals surface area contributed by atoms with Crippen LogP contribution in [0.25, 0.3) is 0 Å². The van der Waals surface area contributed by atoms with Gasteiger partial charge in [-0.05, 0) is 49.4 Å². The molecule has 0 saturated heterocycles. The number of amides is 1. The van der Waals surface area contributed by atoms with E-state index < -0.39 is 0 Å². The Morgan fingerprint density at radius 3 is 3.00 bits per heavy atom. The van der Waals surface area contributed by atoms with Crippen molar-refractivity contribution in [2.45, 2.75) is 38.1 Å². The molecular weight excluding hydrogens is 236 g/mol. The monoisotopic (exact) mass is 258 g/mol. The predicted molar refractivity (Wildman–Crippen MR) is 76.2 cm³/mol. The lowest BCUT2D eigenvalue weighted by atomic mass is 9.95. The maximum Gasteiger partial charge on any atom is 0.251 e. The van der Waals surface area contributed by atoms with E-state index in [9.17, 15) is 4.79 Å². The predicted octanol–water partition coefficient (Wildman–Crippen LogP) is 2.42. The van der Waals surface area contributed by atoms with Crippen molar-refractivity contribution in [2.24, 2.45) is 5.92 Å². The van der Waals surface area contributed by atoms with Gasteiger partial charge in [0.15, 0.2) is 0 Å². The lowest BCUT2D eigenvalue weighted by molar-refractivity contribution is 0.0956. The van der Waals surface area contributed by atoms with Crippen LogP contribution in [0, 0.1) is 5.92 Å². The molecule has 1 heterocycles. The summed E-state index contributed by atoms with van der Waals surface area (Å²) in [4.78, 5) is 12.1. The topological polar surface area (TPSA) is 41.1 Å². The lowest BCUT2D eigenvalue weighted by Gasteiger charge is -2.18. The van der Waals surface area contributed by atoms with Crippen molar-refractivity contribution in [3.8, 4) is 0 Å². The van der Waals surface area contributed by atoms with E-state index in [4.69, 9.17) is 0 Å². The zero-order valence-electron chi connectivity index (χ0n) is 11.5. The van der Waals surface area contributed by atoms with Crippen molar-refractivity contribution < 1.29 is 4.79 Å². The molecule has 102 valence electrons. The zero-order valence-corrected chi connectivity index (χ0v) is 11.5. The number of hydrogen-bond acceptors (Lipinski definition) is 2. The fraction of sp³-hybridized carbons (Fsp3) is 0.562. The van der Waals surface area contributed by atoms with Crippen molar-refractivity contribution in [3.63, 3.8) is 0 Å². The first-order chi connectivity index (χ1) is 9.28. The molecule has 0 radical (unpaired) electrons. The van der Waals surface area contributed by atoms with E-state index in [2.05, 4.69) is 28.8 Å².